The zero-order chi connectivity index (χ0) is 21.0. The van der Waals surface area contributed by atoms with Crippen LogP contribution in [-0.2, 0) is 16.6 Å². The molecule has 150 valence electrons. The molecular formula is C21H18BrClN2O3S. The number of hydrogen-bond donors (Lipinski definition) is 1. The van der Waals surface area contributed by atoms with E-state index in [1.54, 1.807) is 24.3 Å². The highest BCUT2D eigenvalue weighted by atomic mass is 79.9. The van der Waals surface area contributed by atoms with Gasteiger partial charge in [-0.25, -0.2) is 8.42 Å². The molecule has 5 nitrogen and oxygen atoms in total. The van der Waals surface area contributed by atoms with Gasteiger partial charge in [-0.05, 0) is 48.0 Å². The second kappa shape index (κ2) is 9.09. The summed E-state index contributed by atoms with van der Waals surface area (Å²) in [5.74, 6) is -0.486. The van der Waals surface area contributed by atoms with Crippen LogP contribution >= 0.6 is 27.5 Å². The fraction of sp³-hybridized carbons (Fsp3) is 0.0952. The van der Waals surface area contributed by atoms with Gasteiger partial charge in [-0.3, -0.25) is 4.79 Å². The maximum atomic E-state index is 13.0. The maximum absolute atomic E-state index is 13.0. The topological polar surface area (TPSA) is 66.5 Å². The lowest BCUT2D eigenvalue weighted by Gasteiger charge is -2.18. The molecule has 0 bridgehead atoms. The van der Waals surface area contributed by atoms with Gasteiger partial charge in [-0.2, -0.15) is 4.31 Å². The smallest absolute Gasteiger partial charge is 0.257 e. The molecule has 3 aromatic carbocycles. The van der Waals surface area contributed by atoms with Crippen LogP contribution < -0.4 is 5.32 Å². The predicted molar refractivity (Wildman–Crippen MR) is 119 cm³/mol. The third-order valence-corrected chi connectivity index (χ3v) is 6.90. The zero-order valence-corrected chi connectivity index (χ0v) is 18.6. The third-order valence-electron chi connectivity index (χ3n) is 4.24. The van der Waals surface area contributed by atoms with Gasteiger partial charge in [0.25, 0.3) is 5.91 Å². The van der Waals surface area contributed by atoms with E-state index in [2.05, 4.69) is 21.2 Å². The Morgan fingerprint density at radius 2 is 1.69 bits per heavy atom. The van der Waals surface area contributed by atoms with Crippen LogP contribution in [0, 0.1) is 0 Å². The summed E-state index contributed by atoms with van der Waals surface area (Å²) in [6.07, 6.45) is 0. The molecular weight excluding hydrogens is 476 g/mol. The number of halogens is 2. The van der Waals surface area contributed by atoms with E-state index in [-0.39, 0.29) is 22.0 Å². The number of hydrogen-bond acceptors (Lipinski definition) is 3. The van der Waals surface area contributed by atoms with Crippen molar-refractivity contribution in [3.63, 3.8) is 0 Å². The Balaban J connectivity index is 1.85. The standard InChI is InChI=1S/C21H18BrClN2O3S/c1-25(14-15-5-3-2-4-6-15)29(27,28)18-11-12-20(23)19(13-18)21(26)24-17-9-7-16(22)8-10-17/h2-13H,14H2,1H3,(H,24,26). The maximum Gasteiger partial charge on any atom is 0.257 e. The van der Waals surface area contributed by atoms with Gasteiger partial charge < -0.3 is 5.32 Å². The fourth-order valence-corrected chi connectivity index (χ4v) is 4.33. The molecule has 3 aromatic rings. The second-order valence-electron chi connectivity index (χ2n) is 6.35. The Labute approximate surface area is 183 Å². The largest absolute Gasteiger partial charge is 0.322 e. The molecule has 29 heavy (non-hydrogen) atoms. The van der Waals surface area contributed by atoms with Crippen molar-refractivity contribution in [2.45, 2.75) is 11.4 Å². The van der Waals surface area contributed by atoms with Gasteiger partial charge in [0.2, 0.25) is 10.0 Å². The van der Waals surface area contributed by atoms with Gasteiger partial charge in [0.1, 0.15) is 0 Å². The van der Waals surface area contributed by atoms with Crippen molar-refractivity contribution < 1.29 is 13.2 Å². The predicted octanol–water partition coefficient (Wildman–Crippen LogP) is 5.18. The van der Waals surface area contributed by atoms with Crippen LogP contribution in [0.3, 0.4) is 0 Å². The molecule has 8 heteroatoms. The monoisotopic (exact) mass is 492 g/mol. The van der Waals surface area contributed by atoms with Gasteiger partial charge >= 0.3 is 0 Å². The lowest BCUT2D eigenvalue weighted by molar-refractivity contribution is 0.102. The summed E-state index contributed by atoms with van der Waals surface area (Å²) >= 11 is 9.50. The van der Waals surface area contributed by atoms with Gasteiger partial charge in [-0.1, -0.05) is 57.9 Å². The zero-order valence-electron chi connectivity index (χ0n) is 15.5. The first-order valence-corrected chi connectivity index (χ1v) is 11.3. The molecule has 0 saturated carbocycles. The lowest BCUT2D eigenvalue weighted by Crippen LogP contribution is -2.27. The van der Waals surface area contributed by atoms with Gasteiger partial charge in [0.15, 0.2) is 0 Å². The SMILES string of the molecule is CN(Cc1ccccc1)S(=O)(=O)c1ccc(Cl)c(C(=O)Nc2ccc(Br)cc2)c1. The number of amides is 1. The molecule has 0 aliphatic heterocycles. The Hall–Kier alpha value is -2.19. The number of carbonyl (C=O) groups excluding carboxylic acids is 1. The highest BCUT2D eigenvalue weighted by molar-refractivity contribution is 9.10. The highest BCUT2D eigenvalue weighted by Gasteiger charge is 2.23. The van der Waals surface area contributed by atoms with Crippen LogP contribution in [0.5, 0.6) is 0 Å². The molecule has 1 N–H and O–H groups in total. The van der Waals surface area contributed by atoms with Crippen LogP contribution in [0.4, 0.5) is 5.69 Å². The number of anilines is 1. The number of carbonyl (C=O) groups is 1. The summed E-state index contributed by atoms with van der Waals surface area (Å²) in [5, 5.41) is 2.89. The minimum absolute atomic E-state index is 0.00119. The number of sulfonamides is 1. The van der Waals surface area contributed by atoms with Crippen molar-refractivity contribution in [1.82, 2.24) is 4.31 Å². The molecule has 3 rings (SSSR count). The van der Waals surface area contributed by atoms with Crippen molar-refractivity contribution in [3.8, 4) is 0 Å². The fourth-order valence-electron chi connectivity index (χ4n) is 2.68. The van der Waals surface area contributed by atoms with E-state index in [1.807, 2.05) is 30.3 Å². The number of benzene rings is 3. The van der Waals surface area contributed by atoms with E-state index in [9.17, 15) is 13.2 Å². The van der Waals surface area contributed by atoms with Gasteiger partial charge in [-0.15, -0.1) is 0 Å². The minimum Gasteiger partial charge on any atom is -0.322 e. The summed E-state index contributed by atoms with van der Waals surface area (Å²) < 4.78 is 28.0. The average Bonchev–Trinajstić information content (AvgIpc) is 2.70. The first-order valence-electron chi connectivity index (χ1n) is 8.64. The molecule has 0 heterocycles. The quantitative estimate of drug-likeness (QED) is 0.515. The van der Waals surface area contributed by atoms with Crippen molar-refractivity contribution >= 4 is 49.1 Å². The lowest BCUT2D eigenvalue weighted by atomic mass is 10.2. The van der Waals surface area contributed by atoms with Gasteiger partial charge in [0, 0.05) is 23.8 Å². The normalized spacial score (nSPS) is 11.4. The molecule has 0 fully saturated rings. The summed E-state index contributed by atoms with van der Waals surface area (Å²) in [6.45, 7) is 0.215. The Morgan fingerprint density at radius 1 is 1.03 bits per heavy atom. The summed E-state index contributed by atoms with van der Waals surface area (Å²) in [7, 11) is -2.30. The number of nitrogens with zero attached hydrogens (tertiary/aromatic N) is 1. The summed E-state index contributed by atoms with van der Waals surface area (Å²) in [6, 6.07) is 20.4. The highest BCUT2D eigenvalue weighted by Crippen LogP contribution is 2.25. The first kappa shape index (κ1) is 21.5. The molecule has 0 unspecified atom stereocenters. The molecule has 0 aliphatic rings. The third kappa shape index (κ3) is 5.25. The van der Waals surface area contributed by atoms with Crippen molar-refractivity contribution in [2.24, 2.45) is 0 Å². The Morgan fingerprint density at radius 3 is 2.34 bits per heavy atom. The van der Waals surface area contributed by atoms with E-state index in [1.165, 1.54) is 29.6 Å². The van der Waals surface area contributed by atoms with Crippen LogP contribution in [0.1, 0.15) is 15.9 Å². The van der Waals surface area contributed by atoms with Crippen LogP contribution in [-0.4, -0.2) is 25.7 Å². The molecule has 0 aliphatic carbocycles. The van der Waals surface area contributed by atoms with Crippen LogP contribution in [0.15, 0.2) is 82.2 Å². The Kier molecular flexibility index (Phi) is 6.74. The van der Waals surface area contributed by atoms with Crippen molar-refractivity contribution in [3.05, 3.63) is 93.4 Å². The first-order chi connectivity index (χ1) is 13.8. The molecule has 0 aromatic heterocycles. The molecule has 0 saturated heterocycles. The average molecular weight is 494 g/mol. The molecule has 0 spiro atoms. The van der Waals surface area contributed by atoms with E-state index < -0.39 is 15.9 Å². The van der Waals surface area contributed by atoms with Crippen molar-refractivity contribution in [2.75, 3.05) is 12.4 Å². The second-order valence-corrected chi connectivity index (χ2v) is 9.72. The van der Waals surface area contributed by atoms with E-state index in [4.69, 9.17) is 11.6 Å². The number of rotatable bonds is 6. The van der Waals surface area contributed by atoms with E-state index >= 15 is 0 Å². The van der Waals surface area contributed by atoms with Crippen LogP contribution in [0.25, 0.3) is 0 Å². The molecule has 1 amide bonds. The Bertz CT molecular complexity index is 1120. The minimum atomic E-state index is -3.80. The van der Waals surface area contributed by atoms with Crippen molar-refractivity contribution in [1.29, 1.82) is 0 Å². The van der Waals surface area contributed by atoms with Gasteiger partial charge in [0.05, 0.1) is 15.5 Å². The van der Waals surface area contributed by atoms with Crippen LogP contribution in [0.2, 0.25) is 5.02 Å². The van der Waals surface area contributed by atoms with E-state index in [0.29, 0.717) is 5.69 Å². The summed E-state index contributed by atoms with van der Waals surface area (Å²) in [4.78, 5) is 12.6. The summed E-state index contributed by atoms with van der Waals surface area (Å²) in [5.41, 5.74) is 1.52. The van der Waals surface area contributed by atoms with E-state index in [0.717, 1.165) is 10.0 Å². The molecule has 0 radical (unpaired) electrons. The molecule has 0 atom stereocenters. The number of nitrogens with one attached hydrogen (secondary N) is 1.